The molecule has 2 nitrogen and oxygen atoms in total. The molecule has 0 bridgehead atoms. The van der Waals surface area contributed by atoms with E-state index >= 15 is 0 Å². The summed E-state index contributed by atoms with van der Waals surface area (Å²) in [5.41, 5.74) is 2.86. The van der Waals surface area contributed by atoms with Gasteiger partial charge in [0.05, 0.1) is 5.25 Å². The van der Waals surface area contributed by atoms with Gasteiger partial charge in [0, 0.05) is 21.5 Å². The molecular formula is C17H17Cl2NOS. The van der Waals surface area contributed by atoms with Gasteiger partial charge in [-0.15, -0.1) is 11.8 Å². The molecule has 0 unspecified atom stereocenters. The van der Waals surface area contributed by atoms with Crippen LogP contribution in [0.5, 0.6) is 0 Å². The van der Waals surface area contributed by atoms with Crippen LogP contribution in [0.15, 0.2) is 42.5 Å². The predicted octanol–water partition coefficient (Wildman–Crippen LogP) is 5.56. The molecule has 116 valence electrons. The Kier molecular flexibility index (Phi) is 6.18. The number of amides is 1. The molecule has 0 aliphatic rings. The number of carbonyl (C=O) groups excluding carboxylic acids is 1. The summed E-state index contributed by atoms with van der Waals surface area (Å²) in [6, 6.07) is 13.1. The third kappa shape index (κ3) is 4.94. The van der Waals surface area contributed by atoms with Crippen molar-refractivity contribution in [2.75, 3.05) is 5.32 Å². The van der Waals surface area contributed by atoms with Crippen LogP contribution in [0.3, 0.4) is 0 Å². The molecule has 0 radical (unpaired) electrons. The molecule has 22 heavy (non-hydrogen) atoms. The zero-order chi connectivity index (χ0) is 16.1. The molecule has 0 saturated carbocycles. The Morgan fingerprint density at radius 3 is 2.64 bits per heavy atom. The second-order valence-electron chi connectivity index (χ2n) is 5.03. The Hall–Kier alpha value is -1.16. The summed E-state index contributed by atoms with van der Waals surface area (Å²) in [4.78, 5) is 12.3. The van der Waals surface area contributed by atoms with E-state index < -0.39 is 0 Å². The van der Waals surface area contributed by atoms with Crippen LogP contribution in [-0.2, 0) is 10.5 Å². The first-order valence-electron chi connectivity index (χ1n) is 6.89. The van der Waals surface area contributed by atoms with Crippen molar-refractivity contribution in [1.82, 2.24) is 0 Å². The van der Waals surface area contributed by atoms with Crippen LogP contribution in [0.25, 0.3) is 0 Å². The van der Waals surface area contributed by atoms with Gasteiger partial charge >= 0.3 is 0 Å². The van der Waals surface area contributed by atoms with Gasteiger partial charge in [0.1, 0.15) is 0 Å². The maximum Gasteiger partial charge on any atom is 0.237 e. The lowest BCUT2D eigenvalue weighted by Crippen LogP contribution is -2.23. The van der Waals surface area contributed by atoms with E-state index in [2.05, 4.69) is 5.32 Å². The van der Waals surface area contributed by atoms with Gasteiger partial charge in [-0.3, -0.25) is 4.79 Å². The smallest absolute Gasteiger partial charge is 0.237 e. The molecule has 1 N–H and O–H groups in total. The Morgan fingerprint density at radius 1 is 1.18 bits per heavy atom. The first-order chi connectivity index (χ1) is 10.5. The lowest BCUT2D eigenvalue weighted by Gasteiger charge is -2.14. The molecule has 0 fully saturated rings. The van der Waals surface area contributed by atoms with E-state index in [-0.39, 0.29) is 11.2 Å². The van der Waals surface area contributed by atoms with E-state index in [1.165, 1.54) is 0 Å². The zero-order valence-corrected chi connectivity index (χ0v) is 14.7. The van der Waals surface area contributed by atoms with Crippen molar-refractivity contribution in [1.29, 1.82) is 0 Å². The first-order valence-corrected chi connectivity index (χ1v) is 8.69. The minimum absolute atomic E-state index is 0.0302. The van der Waals surface area contributed by atoms with Crippen molar-refractivity contribution in [3.63, 3.8) is 0 Å². The predicted molar refractivity (Wildman–Crippen MR) is 97.0 cm³/mol. The van der Waals surface area contributed by atoms with Gasteiger partial charge in [-0.25, -0.2) is 0 Å². The van der Waals surface area contributed by atoms with E-state index in [9.17, 15) is 4.79 Å². The minimum Gasteiger partial charge on any atom is -0.325 e. The number of halogens is 2. The maximum absolute atomic E-state index is 12.3. The van der Waals surface area contributed by atoms with Crippen LogP contribution in [-0.4, -0.2) is 11.2 Å². The quantitative estimate of drug-likeness (QED) is 0.761. The van der Waals surface area contributed by atoms with E-state index in [1.807, 2.05) is 50.2 Å². The number of hydrogen-bond acceptors (Lipinski definition) is 2. The Bertz CT molecular complexity index is 675. The molecule has 0 aromatic heterocycles. The molecular weight excluding hydrogens is 337 g/mol. The average Bonchev–Trinajstić information content (AvgIpc) is 2.48. The van der Waals surface area contributed by atoms with Crippen molar-refractivity contribution < 1.29 is 4.79 Å². The summed E-state index contributed by atoms with van der Waals surface area (Å²) in [5, 5.41) is 4.08. The molecule has 5 heteroatoms. The summed E-state index contributed by atoms with van der Waals surface area (Å²) < 4.78 is 0. The van der Waals surface area contributed by atoms with E-state index in [0.29, 0.717) is 10.0 Å². The topological polar surface area (TPSA) is 29.1 Å². The number of thioether (sulfide) groups is 1. The van der Waals surface area contributed by atoms with Crippen molar-refractivity contribution in [3.05, 3.63) is 63.6 Å². The fourth-order valence-electron chi connectivity index (χ4n) is 1.89. The van der Waals surface area contributed by atoms with Crippen LogP contribution in [0.4, 0.5) is 5.69 Å². The van der Waals surface area contributed by atoms with Gasteiger partial charge in [0.25, 0.3) is 0 Å². The highest BCUT2D eigenvalue weighted by atomic mass is 35.5. The van der Waals surface area contributed by atoms with Crippen molar-refractivity contribution in [3.8, 4) is 0 Å². The zero-order valence-electron chi connectivity index (χ0n) is 12.4. The normalized spacial score (nSPS) is 12.0. The third-order valence-electron chi connectivity index (χ3n) is 3.22. The second kappa shape index (κ2) is 7.91. The molecule has 1 amide bonds. The van der Waals surface area contributed by atoms with Crippen LogP contribution < -0.4 is 5.32 Å². The van der Waals surface area contributed by atoms with Gasteiger partial charge in [0.2, 0.25) is 5.91 Å². The largest absolute Gasteiger partial charge is 0.325 e. The van der Waals surface area contributed by atoms with Crippen molar-refractivity contribution in [2.24, 2.45) is 0 Å². The Labute approximate surface area is 145 Å². The summed E-state index contributed by atoms with van der Waals surface area (Å²) >= 11 is 13.5. The molecule has 1 atom stereocenters. The Morgan fingerprint density at radius 2 is 1.91 bits per heavy atom. The number of carbonyl (C=O) groups is 1. The fraction of sp³-hybridized carbons (Fsp3) is 0.235. The first kappa shape index (κ1) is 17.2. The van der Waals surface area contributed by atoms with Crippen LogP contribution >= 0.6 is 35.0 Å². The summed E-state index contributed by atoms with van der Waals surface area (Å²) in [6.07, 6.45) is 0. The molecule has 0 aliphatic carbocycles. The highest BCUT2D eigenvalue weighted by Crippen LogP contribution is 2.24. The molecule has 2 aromatic rings. The van der Waals surface area contributed by atoms with E-state index in [4.69, 9.17) is 23.2 Å². The van der Waals surface area contributed by atoms with E-state index in [1.54, 1.807) is 17.8 Å². The molecule has 0 aliphatic heterocycles. The van der Waals surface area contributed by atoms with Gasteiger partial charge in [-0.1, -0.05) is 41.4 Å². The van der Waals surface area contributed by atoms with Gasteiger partial charge < -0.3 is 5.32 Å². The van der Waals surface area contributed by atoms with Crippen LogP contribution in [0.2, 0.25) is 10.0 Å². The monoisotopic (exact) mass is 353 g/mol. The standard InChI is InChI=1S/C17H17Cl2NOS/c1-11-6-7-15(19)9-16(11)20-17(21)12(2)22-10-13-4-3-5-14(18)8-13/h3-9,12H,10H2,1-2H3,(H,20,21)/t12-/m1/s1. The SMILES string of the molecule is Cc1ccc(Cl)cc1NC(=O)[C@@H](C)SCc1cccc(Cl)c1. The lowest BCUT2D eigenvalue weighted by molar-refractivity contribution is -0.115. The third-order valence-corrected chi connectivity index (χ3v) is 4.90. The summed E-state index contributed by atoms with van der Waals surface area (Å²) in [7, 11) is 0. The molecule has 0 heterocycles. The summed E-state index contributed by atoms with van der Waals surface area (Å²) in [6.45, 7) is 3.83. The number of benzene rings is 2. The number of hydrogen-bond donors (Lipinski definition) is 1. The van der Waals surface area contributed by atoms with Gasteiger partial charge in [0.15, 0.2) is 0 Å². The number of nitrogens with one attached hydrogen (secondary N) is 1. The fourth-order valence-corrected chi connectivity index (χ4v) is 3.10. The molecule has 2 aromatic carbocycles. The van der Waals surface area contributed by atoms with Gasteiger partial charge in [-0.2, -0.15) is 0 Å². The van der Waals surface area contributed by atoms with Gasteiger partial charge in [-0.05, 0) is 49.2 Å². The highest BCUT2D eigenvalue weighted by Gasteiger charge is 2.14. The highest BCUT2D eigenvalue weighted by molar-refractivity contribution is 7.99. The number of rotatable bonds is 5. The van der Waals surface area contributed by atoms with Crippen molar-refractivity contribution >= 4 is 46.6 Å². The van der Waals surface area contributed by atoms with Crippen molar-refractivity contribution in [2.45, 2.75) is 24.9 Å². The molecule has 0 saturated heterocycles. The molecule has 2 rings (SSSR count). The van der Waals surface area contributed by atoms with Crippen LogP contribution in [0, 0.1) is 6.92 Å². The lowest BCUT2D eigenvalue weighted by atomic mass is 10.2. The van der Waals surface area contributed by atoms with E-state index in [0.717, 1.165) is 22.6 Å². The average molecular weight is 354 g/mol. The molecule has 0 spiro atoms. The maximum atomic E-state index is 12.3. The van der Waals surface area contributed by atoms with Crippen LogP contribution in [0.1, 0.15) is 18.1 Å². The Balaban J connectivity index is 1.93. The number of aryl methyl sites for hydroxylation is 1. The minimum atomic E-state index is -0.169. The summed E-state index contributed by atoms with van der Waals surface area (Å²) in [5.74, 6) is 0.710. The number of anilines is 1. The second-order valence-corrected chi connectivity index (χ2v) is 7.23.